The van der Waals surface area contributed by atoms with Crippen LogP contribution in [-0.2, 0) is 11.3 Å². The molecule has 0 radical (unpaired) electrons. The van der Waals surface area contributed by atoms with Gasteiger partial charge in [-0.3, -0.25) is 0 Å². The van der Waals surface area contributed by atoms with Gasteiger partial charge < -0.3 is 4.74 Å². The van der Waals surface area contributed by atoms with E-state index in [1.807, 2.05) is 0 Å². The van der Waals surface area contributed by atoms with Crippen LogP contribution in [0.25, 0.3) is 0 Å². The van der Waals surface area contributed by atoms with Crippen LogP contribution in [0.15, 0.2) is 6.33 Å². The first-order valence-corrected chi connectivity index (χ1v) is 3.94. The van der Waals surface area contributed by atoms with Crippen LogP contribution in [0.1, 0.15) is 10.6 Å². The summed E-state index contributed by atoms with van der Waals surface area (Å²) >= 11 is 0. The van der Waals surface area contributed by atoms with E-state index >= 15 is 0 Å². The highest BCUT2D eigenvalue weighted by Crippen LogP contribution is 2.07. The first kappa shape index (κ1) is 11.5. The summed E-state index contributed by atoms with van der Waals surface area (Å²) < 4.78 is 41.3. The molecule has 15 heavy (non-hydrogen) atoms. The first-order valence-electron chi connectivity index (χ1n) is 3.94. The molecule has 5 nitrogen and oxygen atoms in total. The molecule has 0 N–H and O–H groups in total. The lowest BCUT2D eigenvalue weighted by atomic mass is 10.4. The van der Waals surface area contributed by atoms with E-state index in [0.717, 1.165) is 18.1 Å². The van der Waals surface area contributed by atoms with Crippen LogP contribution in [0.3, 0.4) is 0 Å². The van der Waals surface area contributed by atoms with Crippen LogP contribution in [0, 0.1) is 0 Å². The average Bonchev–Trinajstić information content (AvgIpc) is 2.65. The second-order valence-electron chi connectivity index (χ2n) is 2.63. The van der Waals surface area contributed by atoms with Gasteiger partial charge in [-0.25, -0.2) is 27.6 Å². The highest BCUT2D eigenvalue weighted by atomic mass is 19.3. The van der Waals surface area contributed by atoms with Gasteiger partial charge in [0.05, 0.1) is 13.7 Å². The molecule has 0 amide bonds. The Hall–Kier alpha value is -1.60. The fraction of sp³-hybridized carbons (Fsp3) is 0.571. The number of halogens is 3. The maximum atomic E-state index is 12.5. The molecule has 0 aromatic carbocycles. The van der Waals surface area contributed by atoms with Gasteiger partial charge in [0.15, 0.2) is 6.17 Å². The first-order chi connectivity index (χ1) is 7.04. The molecule has 84 valence electrons. The lowest BCUT2D eigenvalue weighted by molar-refractivity contribution is 0.0384. The number of methoxy groups -OCH3 is 1. The molecule has 0 saturated heterocycles. The van der Waals surface area contributed by atoms with E-state index < -0.39 is 25.1 Å². The largest absolute Gasteiger partial charge is 0.463 e. The summed E-state index contributed by atoms with van der Waals surface area (Å²) in [6, 6.07) is 0. The van der Waals surface area contributed by atoms with Crippen molar-refractivity contribution in [3.05, 3.63) is 12.2 Å². The second-order valence-corrected chi connectivity index (χ2v) is 2.63. The van der Waals surface area contributed by atoms with Gasteiger partial charge in [-0.05, 0) is 0 Å². The summed E-state index contributed by atoms with van der Waals surface area (Å²) in [5.74, 6) is -1.10. The molecule has 0 fully saturated rings. The van der Waals surface area contributed by atoms with Crippen molar-refractivity contribution < 1.29 is 22.7 Å². The third-order valence-electron chi connectivity index (χ3n) is 1.54. The number of carbonyl (C=O) groups is 1. The Morgan fingerprint density at radius 1 is 1.60 bits per heavy atom. The number of carbonyl (C=O) groups excluding carboxylic acids is 1. The summed E-state index contributed by atoms with van der Waals surface area (Å²) in [5.41, 5.74) is 0. The Morgan fingerprint density at radius 3 is 2.80 bits per heavy atom. The fourth-order valence-electron chi connectivity index (χ4n) is 0.826. The monoisotopic (exact) mass is 223 g/mol. The minimum absolute atomic E-state index is 0.293. The normalized spacial score (nSPS) is 12.9. The summed E-state index contributed by atoms with van der Waals surface area (Å²) in [7, 11) is 1.13. The van der Waals surface area contributed by atoms with Crippen molar-refractivity contribution in [1.82, 2.24) is 14.8 Å². The van der Waals surface area contributed by atoms with Crippen molar-refractivity contribution in [2.24, 2.45) is 0 Å². The lowest BCUT2D eigenvalue weighted by Gasteiger charge is -2.05. The maximum absolute atomic E-state index is 12.5. The highest BCUT2D eigenvalue weighted by Gasteiger charge is 2.21. The van der Waals surface area contributed by atoms with Gasteiger partial charge in [-0.2, -0.15) is 0 Å². The fourth-order valence-corrected chi connectivity index (χ4v) is 0.826. The number of esters is 1. The Kier molecular flexibility index (Phi) is 3.64. The van der Waals surface area contributed by atoms with Crippen molar-refractivity contribution in [3.63, 3.8) is 0 Å². The Morgan fingerprint density at radius 2 is 2.27 bits per heavy atom. The molecule has 0 saturated carbocycles. The number of hydrogen-bond acceptors (Lipinski definition) is 4. The molecule has 0 spiro atoms. The second kappa shape index (κ2) is 4.76. The van der Waals surface area contributed by atoms with Gasteiger partial charge in [0.2, 0.25) is 0 Å². The molecule has 1 heterocycles. The van der Waals surface area contributed by atoms with E-state index in [4.69, 9.17) is 0 Å². The van der Waals surface area contributed by atoms with E-state index in [9.17, 15) is 18.0 Å². The van der Waals surface area contributed by atoms with Crippen LogP contribution in [-0.4, -0.2) is 40.4 Å². The number of ether oxygens (including phenoxy) is 1. The molecule has 1 aromatic heterocycles. The highest BCUT2D eigenvalue weighted by molar-refractivity contribution is 5.84. The molecular weight excluding hydrogens is 215 g/mol. The van der Waals surface area contributed by atoms with Crippen molar-refractivity contribution in [2.75, 3.05) is 7.11 Å². The number of aromatic nitrogens is 3. The molecular formula is C7H8F3N3O2. The molecule has 1 aromatic rings. The van der Waals surface area contributed by atoms with E-state index in [1.54, 1.807) is 0 Å². The lowest BCUT2D eigenvalue weighted by Crippen LogP contribution is -2.20. The maximum Gasteiger partial charge on any atom is 0.377 e. The smallest absolute Gasteiger partial charge is 0.377 e. The number of hydrogen-bond donors (Lipinski definition) is 0. The third-order valence-corrected chi connectivity index (χ3v) is 1.54. The zero-order valence-corrected chi connectivity index (χ0v) is 7.73. The van der Waals surface area contributed by atoms with Crippen LogP contribution in [0.4, 0.5) is 13.2 Å². The van der Waals surface area contributed by atoms with Crippen molar-refractivity contribution in [1.29, 1.82) is 0 Å². The van der Waals surface area contributed by atoms with Crippen molar-refractivity contribution in [3.8, 4) is 0 Å². The third kappa shape index (κ3) is 2.93. The molecule has 0 aliphatic carbocycles. The van der Waals surface area contributed by atoms with E-state index in [1.165, 1.54) is 0 Å². The minimum atomic E-state index is -3.09. The van der Waals surface area contributed by atoms with Crippen LogP contribution < -0.4 is 0 Å². The molecule has 0 aliphatic heterocycles. The van der Waals surface area contributed by atoms with Gasteiger partial charge in [0.25, 0.3) is 12.2 Å². The minimum Gasteiger partial charge on any atom is -0.463 e. The molecule has 1 rings (SSSR count). The molecule has 0 aliphatic rings. The molecule has 8 heteroatoms. The SMILES string of the molecule is COC(=O)c1ncn(CC(F)C(F)F)n1. The molecule has 0 bridgehead atoms. The van der Waals surface area contributed by atoms with Crippen LogP contribution in [0.2, 0.25) is 0 Å². The molecule has 1 unspecified atom stereocenters. The van der Waals surface area contributed by atoms with Gasteiger partial charge in [-0.1, -0.05) is 0 Å². The summed E-state index contributed by atoms with van der Waals surface area (Å²) in [4.78, 5) is 14.3. The van der Waals surface area contributed by atoms with Crippen LogP contribution >= 0.6 is 0 Å². The number of rotatable bonds is 4. The molecule has 1 atom stereocenters. The quantitative estimate of drug-likeness (QED) is 0.704. The van der Waals surface area contributed by atoms with E-state index in [2.05, 4.69) is 14.8 Å². The predicted octanol–water partition coefficient (Wildman–Crippen LogP) is 0.668. The van der Waals surface area contributed by atoms with E-state index in [0.29, 0.717) is 0 Å². The Bertz CT molecular complexity index is 342. The van der Waals surface area contributed by atoms with Gasteiger partial charge in [0, 0.05) is 0 Å². The Balaban J connectivity index is 2.64. The van der Waals surface area contributed by atoms with Gasteiger partial charge in [-0.15, -0.1) is 5.10 Å². The van der Waals surface area contributed by atoms with Gasteiger partial charge in [0.1, 0.15) is 6.33 Å². The van der Waals surface area contributed by atoms with E-state index in [-0.39, 0.29) is 5.82 Å². The summed E-state index contributed by atoms with van der Waals surface area (Å²) in [6.45, 7) is -0.651. The topological polar surface area (TPSA) is 57.0 Å². The summed E-state index contributed by atoms with van der Waals surface area (Å²) in [5, 5.41) is 3.46. The standard InChI is InChI=1S/C7H8F3N3O2/c1-15-7(14)6-11-3-13(12-6)2-4(8)5(9)10/h3-5H,2H2,1H3. The number of alkyl halides is 3. The van der Waals surface area contributed by atoms with Crippen molar-refractivity contribution >= 4 is 5.97 Å². The zero-order valence-electron chi connectivity index (χ0n) is 7.73. The van der Waals surface area contributed by atoms with Crippen LogP contribution in [0.5, 0.6) is 0 Å². The van der Waals surface area contributed by atoms with Gasteiger partial charge >= 0.3 is 5.97 Å². The summed E-state index contributed by atoms with van der Waals surface area (Å²) in [6.07, 6.45) is -4.44. The number of nitrogens with zero attached hydrogens (tertiary/aromatic N) is 3. The predicted molar refractivity (Wildman–Crippen MR) is 42.3 cm³/mol. The zero-order chi connectivity index (χ0) is 11.4. The Labute approximate surface area is 82.9 Å². The average molecular weight is 223 g/mol. The van der Waals surface area contributed by atoms with Crippen molar-refractivity contribution in [2.45, 2.75) is 19.1 Å².